The van der Waals surface area contributed by atoms with E-state index in [0.717, 1.165) is 25.2 Å². The lowest BCUT2D eigenvalue weighted by molar-refractivity contribution is 0.102. The van der Waals surface area contributed by atoms with E-state index in [1.54, 1.807) is 6.07 Å². The Morgan fingerprint density at radius 2 is 2.18 bits per heavy atom. The molecule has 2 rings (SSSR count). The Kier molecular flexibility index (Phi) is 5.64. The summed E-state index contributed by atoms with van der Waals surface area (Å²) in [4.78, 5) is 19.0. The number of hydrogen-bond acceptors (Lipinski definition) is 5. The second-order valence-corrected chi connectivity index (χ2v) is 5.79. The number of aromatic nitrogens is 1. The van der Waals surface area contributed by atoms with Gasteiger partial charge in [0.25, 0.3) is 5.91 Å². The largest absolute Gasteiger partial charge is 0.300 e. The molecule has 22 heavy (non-hydrogen) atoms. The van der Waals surface area contributed by atoms with Crippen molar-refractivity contribution in [2.24, 2.45) is 0 Å². The number of anilines is 1. The Bertz CT molecular complexity index is 685. The van der Waals surface area contributed by atoms with Gasteiger partial charge in [0.15, 0.2) is 5.13 Å². The number of carbonyl (C=O) groups is 1. The average molecular weight is 314 g/mol. The summed E-state index contributed by atoms with van der Waals surface area (Å²) < 4.78 is 0. The predicted molar refractivity (Wildman–Crippen MR) is 87.8 cm³/mol. The molecule has 5 nitrogen and oxygen atoms in total. The first-order valence-corrected chi connectivity index (χ1v) is 7.96. The van der Waals surface area contributed by atoms with Crippen molar-refractivity contribution in [3.8, 4) is 6.07 Å². The molecule has 114 valence electrons. The van der Waals surface area contributed by atoms with E-state index in [9.17, 15) is 4.79 Å². The molecule has 0 bridgehead atoms. The molecule has 1 heterocycles. The summed E-state index contributed by atoms with van der Waals surface area (Å²) in [7, 11) is 0. The molecule has 1 aromatic carbocycles. The minimum Gasteiger partial charge on any atom is -0.300 e. The van der Waals surface area contributed by atoms with Crippen LogP contribution in [0.1, 0.15) is 34.6 Å². The SMILES string of the molecule is CCN(CC)Cc1cccc(C(=O)Nc2ncc(C#N)s2)c1. The Labute approximate surface area is 134 Å². The Balaban J connectivity index is 2.08. The van der Waals surface area contributed by atoms with Gasteiger partial charge in [-0.25, -0.2) is 4.98 Å². The van der Waals surface area contributed by atoms with Gasteiger partial charge in [0, 0.05) is 12.1 Å². The molecule has 6 heteroatoms. The molecule has 0 aliphatic carbocycles. The van der Waals surface area contributed by atoms with E-state index in [0.29, 0.717) is 15.6 Å². The van der Waals surface area contributed by atoms with Gasteiger partial charge in [-0.1, -0.05) is 37.3 Å². The Morgan fingerprint density at radius 3 is 2.82 bits per heavy atom. The van der Waals surface area contributed by atoms with E-state index in [4.69, 9.17) is 5.26 Å². The summed E-state index contributed by atoms with van der Waals surface area (Å²) in [5.41, 5.74) is 1.70. The van der Waals surface area contributed by atoms with Gasteiger partial charge in [-0.2, -0.15) is 5.26 Å². The second-order valence-electron chi connectivity index (χ2n) is 4.76. The number of nitriles is 1. The number of thiazole rings is 1. The molecular formula is C16H18N4OS. The van der Waals surface area contributed by atoms with Crippen LogP contribution < -0.4 is 5.32 Å². The van der Waals surface area contributed by atoms with Crippen LogP contribution in [-0.2, 0) is 6.54 Å². The highest BCUT2D eigenvalue weighted by Crippen LogP contribution is 2.18. The fourth-order valence-corrected chi connectivity index (χ4v) is 2.68. The van der Waals surface area contributed by atoms with Crippen LogP contribution in [0.15, 0.2) is 30.5 Å². The molecule has 0 saturated heterocycles. The van der Waals surface area contributed by atoms with Crippen LogP contribution in [0.2, 0.25) is 0 Å². The summed E-state index contributed by atoms with van der Waals surface area (Å²) in [6, 6.07) is 9.58. The number of amides is 1. The van der Waals surface area contributed by atoms with Crippen molar-refractivity contribution in [1.29, 1.82) is 5.26 Å². The van der Waals surface area contributed by atoms with Crippen LogP contribution in [-0.4, -0.2) is 28.9 Å². The zero-order valence-corrected chi connectivity index (χ0v) is 13.5. The maximum absolute atomic E-state index is 12.2. The number of benzene rings is 1. The smallest absolute Gasteiger partial charge is 0.257 e. The van der Waals surface area contributed by atoms with Gasteiger partial charge in [0.1, 0.15) is 10.9 Å². The van der Waals surface area contributed by atoms with Crippen LogP contribution in [0.5, 0.6) is 0 Å². The van der Waals surface area contributed by atoms with Crippen molar-refractivity contribution < 1.29 is 4.79 Å². The maximum Gasteiger partial charge on any atom is 0.257 e. The molecule has 0 aliphatic heterocycles. The molecule has 0 fully saturated rings. The quantitative estimate of drug-likeness (QED) is 0.889. The van der Waals surface area contributed by atoms with E-state index >= 15 is 0 Å². The minimum atomic E-state index is -0.208. The monoisotopic (exact) mass is 314 g/mol. The van der Waals surface area contributed by atoms with Gasteiger partial charge in [-0.15, -0.1) is 0 Å². The average Bonchev–Trinajstić information content (AvgIpc) is 3.00. The first kappa shape index (κ1) is 16.1. The lowest BCUT2D eigenvalue weighted by Crippen LogP contribution is -2.22. The molecule has 1 N–H and O–H groups in total. The van der Waals surface area contributed by atoms with Crippen molar-refractivity contribution in [3.05, 3.63) is 46.5 Å². The molecule has 0 atom stereocenters. The normalized spacial score (nSPS) is 10.5. The first-order chi connectivity index (χ1) is 10.7. The molecule has 2 aromatic rings. The van der Waals surface area contributed by atoms with Crippen molar-refractivity contribution in [3.63, 3.8) is 0 Å². The summed E-state index contributed by atoms with van der Waals surface area (Å²) in [5.74, 6) is -0.208. The third-order valence-electron chi connectivity index (χ3n) is 3.33. The number of rotatable bonds is 6. The van der Waals surface area contributed by atoms with Gasteiger partial charge in [-0.05, 0) is 30.8 Å². The first-order valence-electron chi connectivity index (χ1n) is 7.14. The number of nitrogens with one attached hydrogen (secondary N) is 1. The second kappa shape index (κ2) is 7.69. The Morgan fingerprint density at radius 1 is 1.41 bits per heavy atom. The van der Waals surface area contributed by atoms with Crippen molar-refractivity contribution in [2.45, 2.75) is 20.4 Å². The molecule has 1 amide bonds. The van der Waals surface area contributed by atoms with Crippen molar-refractivity contribution >= 4 is 22.4 Å². The fraction of sp³-hybridized carbons (Fsp3) is 0.312. The van der Waals surface area contributed by atoms with Crippen LogP contribution in [0, 0.1) is 11.3 Å². The summed E-state index contributed by atoms with van der Waals surface area (Å²) in [6.45, 7) is 7.01. The summed E-state index contributed by atoms with van der Waals surface area (Å²) in [6.07, 6.45) is 1.46. The maximum atomic E-state index is 12.2. The number of carbonyl (C=O) groups excluding carboxylic acids is 1. The highest BCUT2D eigenvalue weighted by atomic mass is 32.1. The van der Waals surface area contributed by atoms with E-state index < -0.39 is 0 Å². The van der Waals surface area contributed by atoms with Crippen LogP contribution in [0.3, 0.4) is 0 Å². The minimum absolute atomic E-state index is 0.208. The number of nitrogens with zero attached hydrogens (tertiary/aromatic N) is 3. The zero-order chi connectivity index (χ0) is 15.9. The van der Waals surface area contributed by atoms with Gasteiger partial charge < -0.3 is 0 Å². The van der Waals surface area contributed by atoms with Gasteiger partial charge >= 0.3 is 0 Å². The molecular weight excluding hydrogens is 296 g/mol. The van der Waals surface area contributed by atoms with Crippen LogP contribution in [0.4, 0.5) is 5.13 Å². The highest BCUT2D eigenvalue weighted by Gasteiger charge is 2.10. The van der Waals surface area contributed by atoms with E-state index in [-0.39, 0.29) is 5.91 Å². The molecule has 0 unspecified atom stereocenters. The molecule has 0 saturated carbocycles. The van der Waals surface area contributed by atoms with Crippen LogP contribution >= 0.6 is 11.3 Å². The molecule has 0 radical (unpaired) electrons. The lowest BCUT2D eigenvalue weighted by Gasteiger charge is -2.18. The summed E-state index contributed by atoms with van der Waals surface area (Å²) in [5, 5.41) is 11.9. The van der Waals surface area contributed by atoms with Crippen molar-refractivity contribution in [2.75, 3.05) is 18.4 Å². The highest BCUT2D eigenvalue weighted by molar-refractivity contribution is 7.16. The van der Waals surface area contributed by atoms with E-state index in [1.807, 2.05) is 24.3 Å². The number of hydrogen-bond donors (Lipinski definition) is 1. The summed E-state index contributed by atoms with van der Waals surface area (Å²) >= 11 is 1.17. The fourth-order valence-electron chi connectivity index (χ4n) is 2.07. The standard InChI is InChI=1S/C16H18N4OS/c1-3-20(4-2)11-12-6-5-7-13(8-12)15(21)19-16-18-10-14(9-17)22-16/h5-8,10H,3-4,11H2,1-2H3,(H,18,19,21). The predicted octanol–water partition coefficient (Wildman–Crippen LogP) is 3.11. The van der Waals surface area contributed by atoms with Crippen LogP contribution in [0.25, 0.3) is 0 Å². The van der Waals surface area contributed by atoms with E-state index in [2.05, 4.69) is 29.0 Å². The third-order valence-corrected chi connectivity index (χ3v) is 4.14. The zero-order valence-electron chi connectivity index (χ0n) is 12.7. The molecule has 1 aromatic heterocycles. The molecule has 0 spiro atoms. The third kappa shape index (κ3) is 4.13. The van der Waals surface area contributed by atoms with Gasteiger partial charge in [0.05, 0.1) is 6.20 Å². The Hall–Kier alpha value is -2.23. The molecule has 0 aliphatic rings. The van der Waals surface area contributed by atoms with Crippen molar-refractivity contribution in [1.82, 2.24) is 9.88 Å². The lowest BCUT2D eigenvalue weighted by atomic mass is 10.1. The van der Waals surface area contributed by atoms with Gasteiger partial charge in [0.2, 0.25) is 0 Å². The van der Waals surface area contributed by atoms with Gasteiger partial charge in [-0.3, -0.25) is 15.0 Å². The van der Waals surface area contributed by atoms with E-state index in [1.165, 1.54) is 17.5 Å². The topological polar surface area (TPSA) is 69.0 Å².